The van der Waals surface area contributed by atoms with Crippen LogP contribution in [0.4, 0.5) is 20.2 Å². The number of aliphatic imine (C=N–C) groups is 1. The van der Waals surface area contributed by atoms with Crippen LogP contribution in [0, 0.1) is 23.0 Å². The first-order valence-electron chi connectivity index (χ1n) is 13.0. The van der Waals surface area contributed by atoms with Gasteiger partial charge in [0, 0.05) is 49.5 Å². The molecule has 0 spiro atoms. The van der Waals surface area contributed by atoms with Gasteiger partial charge in [-0.05, 0) is 60.4 Å². The maximum atomic E-state index is 14.5. The number of fused-ring (bicyclic) bond motifs is 1. The lowest BCUT2D eigenvalue weighted by molar-refractivity contribution is 0.131. The first kappa shape index (κ1) is 28.6. The summed E-state index contributed by atoms with van der Waals surface area (Å²) in [6.45, 7) is 13.6. The third-order valence-corrected chi connectivity index (χ3v) is 6.56. The molecule has 1 heterocycles. The van der Waals surface area contributed by atoms with E-state index in [0.717, 1.165) is 31.1 Å². The van der Waals surface area contributed by atoms with Crippen molar-refractivity contribution in [3.63, 3.8) is 0 Å². The maximum Gasteiger partial charge on any atom is 0.149 e. The standard InChI is InChI=1S/C29H41F2N5O/c1-6-33-27-19(13-20(30)15-23(27)31)14-22(28(32)34-7-2)26(37)17-36-25-10-11-35-24-9-8-18(12-21(24)25)16-29(3,4)5/h7-9,12-13,15,22,25-26,33,35-37H,2,6,10-11,14,16-17H2,1,3-5H3,(H2,32,34). The Morgan fingerprint density at radius 1 is 1.30 bits per heavy atom. The number of aliphatic hydroxyl groups excluding tert-OH is 1. The second-order valence-corrected chi connectivity index (χ2v) is 10.9. The molecular weight excluding hydrogens is 472 g/mol. The number of amidine groups is 1. The average Bonchev–Trinajstić information content (AvgIpc) is 2.82. The molecule has 3 atom stereocenters. The van der Waals surface area contributed by atoms with Crippen molar-refractivity contribution in [1.82, 2.24) is 5.32 Å². The van der Waals surface area contributed by atoms with Crippen LogP contribution in [0.25, 0.3) is 0 Å². The molecule has 1 aliphatic rings. The molecule has 0 saturated heterocycles. The van der Waals surface area contributed by atoms with Crippen molar-refractivity contribution in [3.05, 3.63) is 71.4 Å². The van der Waals surface area contributed by atoms with Crippen LogP contribution in [0.2, 0.25) is 0 Å². The van der Waals surface area contributed by atoms with E-state index in [2.05, 4.69) is 66.5 Å². The Labute approximate surface area is 219 Å². The zero-order chi connectivity index (χ0) is 27.2. The third kappa shape index (κ3) is 7.76. The van der Waals surface area contributed by atoms with Crippen molar-refractivity contribution in [2.75, 3.05) is 30.3 Å². The van der Waals surface area contributed by atoms with Crippen LogP contribution in [0.1, 0.15) is 56.8 Å². The number of hydrogen-bond donors (Lipinski definition) is 5. The smallest absolute Gasteiger partial charge is 0.149 e. The highest BCUT2D eigenvalue weighted by Gasteiger charge is 2.28. The minimum Gasteiger partial charge on any atom is -0.391 e. The van der Waals surface area contributed by atoms with Crippen LogP contribution < -0.4 is 21.7 Å². The Hall–Kier alpha value is -2.97. The molecule has 37 heavy (non-hydrogen) atoms. The molecule has 0 saturated carbocycles. The zero-order valence-corrected chi connectivity index (χ0v) is 22.4. The highest BCUT2D eigenvalue weighted by Crippen LogP contribution is 2.33. The lowest BCUT2D eigenvalue weighted by atomic mass is 9.86. The summed E-state index contributed by atoms with van der Waals surface area (Å²) in [7, 11) is 0. The normalized spacial score (nSPS) is 17.5. The van der Waals surface area contributed by atoms with Gasteiger partial charge in [-0.25, -0.2) is 13.8 Å². The third-order valence-electron chi connectivity index (χ3n) is 6.56. The van der Waals surface area contributed by atoms with E-state index in [-0.39, 0.29) is 35.9 Å². The molecule has 2 aromatic rings. The molecule has 6 N–H and O–H groups in total. The summed E-state index contributed by atoms with van der Waals surface area (Å²) < 4.78 is 28.6. The molecule has 0 aromatic heterocycles. The van der Waals surface area contributed by atoms with E-state index >= 15 is 0 Å². The van der Waals surface area contributed by atoms with Crippen molar-refractivity contribution in [2.45, 2.75) is 59.1 Å². The van der Waals surface area contributed by atoms with Gasteiger partial charge in [0.05, 0.1) is 11.8 Å². The molecule has 8 heteroatoms. The van der Waals surface area contributed by atoms with E-state index in [9.17, 15) is 13.9 Å². The second-order valence-electron chi connectivity index (χ2n) is 10.9. The minimum absolute atomic E-state index is 0.0490. The SMILES string of the molecule is C=CN=C(N)C(Cc1cc(F)cc(F)c1NCC)C(O)CNC1CCNc2ccc(CC(C)(C)C)cc21. The summed E-state index contributed by atoms with van der Waals surface area (Å²) in [5.41, 5.74) is 10.5. The van der Waals surface area contributed by atoms with Gasteiger partial charge in [-0.15, -0.1) is 0 Å². The zero-order valence-electron chi connectivity index (χ0n) is 22.4. The van der Waals surface area contributed by atoms with Gasteiger partial charge < -0.3 is 26.8 Å². The number of hydrogen-bond acceptors (Lipinski definition) is 5. The Morgan fingerprint density at radius 3 is 2.73 bits per heavy atom. The Bertz CT molecular complexity index is 1110. The predicted octanol–water partition coefficient (Wildman–Crippen LogP) is 5.15. The lowest BCUT2D eigenvalue weighted by Gasteiger charge is -2.31. The van der Waals surface area contributed by atoms with Crippen molar-refractivity contribution in [3.8, 4) is 0 Å². The summed E-state index contributed by atoms with van der Waals surface area (Å²) in [4.78, 5) is 4.09. The van der Waals surface area contributed by atoms with E-state index in [1.807, 2.05) is 6.92 Å². The fourth-order valence-corrected chi connectivity index (χ4v) is 4.95. The monoisotopic (exact) mass is 513 g/mol. The van der Waals surface area contributed by atoms with Gasteiger partial charge in [-0.2, -0.15) is 0 Å². The van der Waals surface area contributed by atoms with Crippen molar-refractivity contribution in [1.29, 1.82) is 0 Å². The fraction of sp³-hybridized carbons (Fsp3) is 0.483. The first-order chi connectivity index (χ1) is 17.5. The van der Waals surface area contributed by atoms with Crippen LogP contribution in [0.5, 0.6) is 0 Å². The van der Waals surface area contributed by atoms with Crippen LogP contribution in [0.15, 0.2) is 48.1 Å². The van der Waals surface area contributed by atoms with Gasteiger partial charge >= 0.3 is 0 Å². The van der Waals surface area contributed by atoms with Gasteiger partial charge in [0.2, 0.25) is 0 Å². The molecule has 0 radical (unpaired) electrons. The lowest BCUT2D eigenvalue weighted by Crippen LogP contribution is -2.43. The molecule has 0 fully saturated rings. The summed E-state index contributed by atoms with van der Waals surface area (Å²) in [5, 5.41) is 21.1. The van der Waals surface area contributed by atoms with Crippen molar-refractivity contribution in [2.24, 2.45) is 22.1 Å². The van der Waals surface area contributed by atoms with Gasteiger partial charge in [0.15, 0.2) is 0 Å². The number of aliphatic hydroxyl groups is 1. The number of nitrogens with one attached hydrogen (secondary N) is 3. The topological polar surface area (TPSA) is 94.7 Å². The molecular formula is C29H41F2N5O. The van der Waals surface area contributed by atoms with Crippen LogP contribution >= 0.6 is 0 Å². The van der Waals surface area contributed by atoms with E-state index < -0.39 is 23.7 Å². The van der Waals surface area contributed by atoms with Crippen LogP contribution in [-0.2, 0) is 12.8 Å². The highest BCUT2D eigenvalue weighted by molar-refractivity contribution is 5.84. The molecule has 0 amide bonds. The minimum atomic E-state index is -0.944. The number of rotatable bonds is 11. The number of nitrogens with zero attached hydrogens (tertiary/aromatic N) is 1. The second kappa shape index (κ2) is 12.5. The highest BCUT2D eigenvalue weighted by atomic mass is 19.1. The number of benzene rings is 2. The molecule has 0 aliphatic carbocycles. The van der Waals surface area contributed by atoms with Gasteiger partial charge in [0.25, 0.3) is 0 Å². The molecule has 3 rings (SSSR count). The first-order valence-corrected chi connectivity index (χ1v) is 13.0. The molecule has 6 nitrogen and oxygen atoms in total. The van der Waals surface area contributed by atoms with E-state index in [4.69, 9.17) is 5.73 Å². The van der Waals surface area contributed by atoms with Crippen molar-refractivity contribution >= 4 is 17.2 Å². The van der Waals surface area contributed by atoms with Gasteiger partial charge in [0.1, 0.15) is 17.5 Å². The quantitative estimate of drug-likeness (QED) is 0.212. The molecule has 1 aliphatic heterocycles. The van der Waals surface area contributed by atoms with Crippen molar-refractivity contribution < 1.29 is 13.9 Å². The van der Waals surface area contributed by atoms with Gasteiger partial charge in [-0.1, -0.05) is 39.5 Å². The Morgan fingerprint density at radius 2 is 2.05 bits per heavy atom. The molecule has 2 aromatic carbocycles. The van der Waals surface area contributed by atoms with Crippen LogP contribution in [0.3, 0.4) is 0 Å². The van der Waals surface area contributed by atoms with Gasteiger partial charge in [-0.3, -0.25) is 0 Å². The number of halogens is 2. The summed E-state index contributed by atoms with van der Waals surface area (Å²) >= 11 is 0. The number of anilines is 2. The molecule has 3 unspecified atom stereocenters. The molecule has 0 bridgehead atoms. The van der Waals surface area contributed by atoms with E-state index in [1.165, 1.54) is 23.4 Å². The van der Waals surface area contributed by atoms with E-state index in [1.54, 1.807) is 0 Å². The van der Waals surface area contributed by atoms with E-state index in [0.29, 0.717) is 12.1 Å². The number of nitrogens with two attached hydrogens (primary N) is 1. The largest absolute Gasteiger partial charge is 0.391 e. The maximum absolute atomic E-state index is 14.5. The van der Waals surface area contributed by atoms with Crippen LogP contribution in [-0.4, -0.2) is 36.7 Å². The summed E-state index contributed by atoms with van der Waals surface area (Å²) in [6, 6.07) is 8.69. The molecule has 202 valence electrons. The Kier molecular flexibility index (Phi) is 9.68. The Balaban J connectivity index is 1.81. The predicted molar refractivity (Wildman–Crippen MR) is 149 cm³/mol. The summed E-state index contributed by atoms with van der Waals surface area (Å²) in [6.07, 6.45) is 2.30. The average molecular weight is 514 g/mol. The fourth-order valence-electron chi connectivity index (χ4n) is 4.95. The summed E-state index contributed by atoms with van der Waals surface area (Å²) in [5.74, 6) is -1.87.